The molecule has 21 heavy (non-hydrogen) atoms. The van der Waals surface area contributed by atoms with Crippen molar-refractivity contribution in [2.45, 2.75) is 19.4 Å². The number of hydrogen-bond donors (Lipinski definition) is 1. The van der Waals surface area contributed by atoms with Crippen LogP contribution in [0.1, 0.15) is 19.4 Å². The Hall–Kier alpha value is -2.69. The minimum atomic E-state index is -0.863. The van der Waals surface area contributed by atoms with Gasteiger partial charge in [-0.25, -0.2) is 9.78 Å². The van der Waals surface area contributed by atoms with E-state index in [4.69, 9.17) is 0 Å². The molecule has 1 N–H and O–H groups in total. The zero-order chi connectivity index (χ0) is 14.8. The molecule has 1 unspecified atom stereocenters. The predicted molar refractivity (Wildman–Crippen MR) is 79.9 cm³/mol. The van der Waals surface area contributed by atoms with Crippen LogP contribution in [0.3, 0.4) is 0 Å². The molecule has 1 atom stereocenters. The van der Waals surface area contributed by atoms with Crippen LogP contribution >= 0.6 is 0 Å². The first-order valence-corrected chi connectivity index (χ1v) is 6.83. The number of carboxylic acids is 1. The highest BCUT2D eigenvalue weighted by Crippen LogP contribution is 2.28. The van der Waals surface area contributed by atoms with Crippen LogP contribution in [-0.4, -0.2) is 25.6 Å². The quantitative estimate of drug-likeness (QED) is 0.797. The Labute approximate surface area is 121 Å². The smallest absolute Gasteiger partial charge is 0.326 e. The normalized spacial score (nSPS) is 12.4. The van der Waals surface area contributed by atoms with Gasteiger partial charge in [0.15, 0.2) is 5.82 Å². The van der Waals surface area contributed by atoms with Crippen LogP contribution in [0.2, 0.25) is 0 Å². The van der Waals surface area contributed by atoms with E-state index in [-0.39, 0.29) is 0 Å². The number of para-hydroxylation sites is 2. The van der Waals surface area contributed by atoms with Crippen molar-refractivity contribution >= 4 is 17.0 Å². The summed E-state index contributed by atoms with van der Waals surface area (Å²) in [5, 5.41) is 9.51. The fourth-order valence-corrected chi connectivity index (χ4v) is 2.50. The standard InChI is InChI=1S/C16H15N3O2/c1-2-13(16(20)21)19-14-9-4-3-7-11(14)18-15(19)12-8-5-6-10-17-12/h3-10,13H,2H2,1H3,(H,20,21). The molecular weight excluding hydrogens is 266 g/mol. The maximum absolute atomic E-state index is 11.6. The molecule has 5 heteroatoms. The molecule has 0 fully saturated rings. The van der Waals surface area contributed by atoms with Crippen LogP contribution in [0, 0.1) is 0 Å². The van der Waals surface area contributed by atoms with Crippen molar-refractivity contribution in [1.29, 1.82) is 0 Å². The summed E-state index contributed by atoms with van der Waals surface area (Å²) in [4.78, 5) is 20.5. The van der Waals surface area contributed by atoms with E-state index in [0.717, 1.165) is 11.0 Å². The summed E-state index contributed by atoms with van der Waals surface area (Å²) < 4.78 is 1.76. The minimum absolute atomic E-state index is 0.482. The average molecular weight is 281 g/mol. The molecule has 0 bridgehead atoms. The first-order chi connectivity index (χ1) is 10.2. The molecule has 106 valence electrons. The summed E-state index contributed by atoms with van der Waals surface area (Å²) in [6.45, 7) is 1.86. The van der Waals surface area contributed by atoms with Crippen molar-refractivity contribution in [2.24, 2.45) is 0 Å². The summed E-state index contributed by atoms with van der Waals surface area (Å²) in [5.41, 5.74) is 2.26. The van der Waals surface area contributed by atoms with Crippen molar-refractivity contribution in [2.75, 3.05) is 0 Å². The van der Waals surface area contributed by atoms with Crippen LogP contribution < -0.4 is 0 Å². The molecule has 3 rings (SSSR count). The molecule has 0 amide bonds. The number of hydrogen-bond acceptors (Lipinski definition) is 3. The molecule has 3 aromatic rings. The Morgan fingerprint density at radius 2 is 2.00 bits per heavy atom. The third-order valence-electron chi connectivity index (χ3n) is 3.47. The van der Waals surface area contributed by atoms with Crippen LogP contribution in [0.5, 0.6) is 0 Å². The van der Waals surface area contributed by atoms with Crippen molar-refractivity contribution < 1.29 is 9.90 Å². The number of pyridine rings is 1. The van der Waals surface area contributed by atoms with Gasteiger partial charge in [-0.1, -0.05) is 25.1 Å². The summed E-state index contributed by atoms with van der Waals surface area (Å²) in [5.74, 6) is -0.274. The Morgan fingerprint density at radius 3 is 2.67 bits per heavy atom. The van der Waals surface area contributed by atoms with Gasteiger partial charge in [0.2, 0.25) is 0 Å². The van der Waals surface area contributed by atoms with Crippen molar-refractivity contribution in [3.8, 4) is 11.5 Å². The third-order valence-corrected chi connectivity index (χ3v) is 3.47. The second-order valence-electron chi connectivity index (χ2n) is 4.77. The summed E-state index contributed by atoms with van der Waals surface area (Å²) in [7, 11) is 0. The fraction of sp³-hybridized carbons (Fsp3) is 0.188. The Morgan fingerprint density at radius 1 is 1.24 bits per heavy atom. The summed E-state index contributed by atoms with van der Waals surface area (Å²) in [6.07, 6.45) is 2.16. The van der Waals surface area contributed by atoms with Gasteiger partial charge in [-0.2, -0.15) is 0 Å². The number of imidazole rings is 1. The lowest BCUT2D eigenvalue weighted by atomic mass is 10.2. The van der Waals surface area contributed by atoms with E-state index in [2.05, 4.69) is 9.97 Å². The largest absolute Gasteiger partial charge is 0.480 e. The maximum atomic E-state index is 11.6. The van der Waals surface area contributed by atoms with Gasteiger partial charge in [-0.05, 0) is 30.7 Å². The lowest BCUT2D eigenvalue weighted by Gasteiger charge is -2.16. The number of benzene rings is 1. The summed E-state index contributed by atoms with van der Waals surface area (Å²) in [6, 6.07) is 12.4. The molecule has 1 aromatic carbocycles. The molecule has 0 saturated heterocycles. The van der Waals surface area contributed by atoms with Gasteiger partial charge in [0.05, 0.1) is 11.0 Å². The molecule has 0 aliphatic rings. The second kappa shape index (κ2) is 5.36. The van der Waals surface area contributed by atoms with Crippen molar-refractivity contribution in [3.63, 3.8) is 0 Å². The zero-order valence-corrected chi connectivity index (χ0v) is 11.6. The maximum Gasteiger partial charge on any atom is 0.326 e. The first-order valence-electron chi connectivity index (χ1n) is 6.83. The van der Waals surface area contributed by atoms with Crippen LogP contribution in [0.4, 0.5) is 0 Å². The number of carboxylic acid groups (broad SMARTS) is 1. The van der Waals surface area contributed by atoms with Crippen LogP contribution in [-0.2, 0) is 4.79 Å². The number of aliphatic carboxylic acids is 1. The van der Waals surface area contributed by atoms with Crippen molar-refractivity contribution in [3.05, 3.63) is 48.7 Å². The summed E-state index contributed by atoms with van der Waals surface area (Å²) >= 11 is 0. The molecule has 0 aliphatic heterocycles. The van der Waals surface area contributed by atoms with Crippen LogP contribution in [0.15, 0.2) is 48.7 Å². The lowest BCUT2D eigenvalue weighted by molar-refractivity contribution is -0.140. The Balaban J connectivity index is 2.31. The van der Waals surface area contributed by atoms with Gasteiger partial charge >= 0.3 is 5.97 Å². The molecular formula is C16H15N3O2. The molecule has 2 aromatic heterocycles. The highest BCUT2D eigenvalue weighted by Gasteiger charge is 2.24. The van der Waals surface area contributed by atoms with Gasteiger partial charge in [0.1, 0.15) is 11.7 Å². The number of rotatable bonds is 4. The van der Waals surface area contributed by atoms with Gasteiger partial charge < -0.3 is 9.67 Å². The highest BCUT2D eigenvalue weighted by atomic mass is 16.4. The van der Waals surface area contributed by atoms with Crippen molar-refractivity contribution in [1.82, 2.24) is 14.5 Å². The average Bonchev–Trinajstić information content (AvgIpc) is 2.88. The Bertz CT molecular complexity index is 781. The number of nitrogens with zero attached hydrogens (tertiary/aromatic N) is 3. The van der Waals surface area contributed by atoms with Gasteiger partial charge in [0, 0.05) is 6.20 Å². The monoisotopic (exact) mass is 281 g/mol. The Kier molecular flexibility index (Phi) is 3.39. The molecule has 0 spiro atoms. The highest BCUT2D eigenvalue weighted by molar-refractivity contribution is 5.83. The fourth-order valence-electron chi connectivity index (χ4n) is 2.50. The van der Waals surface area contributed by atoms with E-state index in [9.17, 15) is 9.90 Å². The van der Waals surface area contributed by atoms with E-state index >= 15 is 0 Å². The molecule has 5 nitrogen and oxygen atoms in total. The van der Waals surface area contributed by atoms with E-state index < -0.39 is 12.0 Å². The molecule has 0 radical (unpaired) electrons. The van der Waals surface area contributed by atoms with E-state index in [0.29, 0.717) is 17.9 Å². The molecule has 0 saturated carbocycles. The predicted octanol–water partition coefficient (Wildman–Crippen LogP) is 3.13. The van der Waals surface area contributed by atoms with Gasteiger partial charge in [0.25, 0.3) is 0 Å². The van der Waals surface area contributed by atoms with Crippen LogP contribution in [0.25, 0.3) is 22.6 Å². The third kappa shape index (κ3) is 2.27. The van der Waals surface area contributed by atoms with Gasteiger partial charge in [-0.15, -0.1) is 0 Å². The number of aromatic nitrogens is 3. The zero-order valence-electron chi connectivity index (χ0n) is 11.6. The molecule has 0 aliphatic carbocycles. The van der Waals surface area contributed by atoms with E-state index in [1.54, 1.807) is 10.8 Å². The van der Waals surface area contributed by atoms with E-state index in [1.165, 1.54) is 0 Å². The SMILES string of the molecule is CCC(C(=O)O)n1c(-c2ccccn2)nc2ccccc21. The first kappa shape index (κ1) is 13.3. The molecule has 2 heterocycles. The minimum Gasteiger partial charge on any atom is -0.480 e. The lowest BCUT2D eigenvalue weighted by Crippen LogP contribution is -2.19. The number of fused-ring (bicyclic) bond motifs is 1. The van der Waals surface area contributed by atoms with Gasteiger partial charge in [-0.3, -0.25) is 4.98 Å². The topological polar surface area (TPSA) is 68.0 Å². The number of carbonyl (C=O) groups is 1. The van der Waals surface area contributed by atoms with E-state index in [1.807, 2.05) is 49.4 Å². The second-order valence-corrected chi connectivity index (χ2v) is 4.77.